The molecule has 3 rings (SSSR count). The van der Waals surface area contributed by atoms with E-state index in [0.29, 0.717) is 13.0 Å². The number of piperazine rings is 1. The second kappa shape index (κ2) is 6.18. The van der Waals surface area contributed by atoms with Gasteiger partial charge in [-0.2, -0.15) is 0 Å². The number of amides is 2. The number of urea groups is 1. The highest BCUT2D eigenvalue weighted by molar-refractivity contribution is 5.77. The molecule has 0 unspecified atom stereocenters. The Hall–Kier alpha value is -2.01. The van der Waals surface area contributed by atoms with Gasteiger partial charge in [-0.25, -0.2) is 4.79 Å². The summed E-state index contributed by atoms with van der Waals surface area (Å²) in [7, 11) is 0. The Labute approximate surface area is 124 Å². The molecule has 1 aliphatic heterocycles. The fourth-order valence-corrected chi connectivity index (χ4v) is 2.70. The van der Waals surface area contributed by atoms with E-state index >= 15 is 0 Å². The number of para-hydroxylation sites is 1. The number of hydrogen-bond donors (Lipinski definition) is 2. The molecule has 0 spiro atoms. The van der Waals surface area contributed by atoms with E-state index in [0.717, 1.165) is 36.4 Å². The maximum absolute atomic E-state index is 12.1. The largest absolute Gasteiger partial charge is 0.461 e. The van der Waals surface area contributed by atoms with Crippen molar-refractivity contribution >= 4 is 17.0 Å². The Balaban J connectivity index is 1.52. The molecule has 2 amide bonds. The molecule has 1 atom stereocenters. The van der Waals surface area contributed by atoms with Gasteiger partial charge in [-0.1, -0.05) is 18.2 Å². The molecule has 2 aromatic rings. The third kappa shape index (κ3) is 3.19. The number of nitrogens with zero attached hydrogens (tertiary/aromatic N) is 1. The smallest absolute Gasteiger partial charge is 0.317 e. The lowest BCUT2D eigenvalue weighted by molar-refractivity contribution is 0.164. The van der Waals surface area contributed by atoms with Gasteiger partial charge in [0.15, 0.2) is 0 Å². The van der Waals surface area contributed by atoms with Crippen molar-refractivity contribution in [3.05, 3.63) is 36.1 Å². The van der Waals surface area contributed by atoms with Gasteiger partial charge in [0.1, 0.15) is 11.3 Å². The molecule has 5 heteroatoms. The molecule has 1 saturated heterocycles. The minimum atomic E-state index is 0.0140. The summed E-state index contributed by atoms with van der Waals surface area (Å²) in [5.74, 6) is 0.907. The molecule has 0 radical (unpaired) electrons. The zero-order valence-corrected chi connectivity index (χ0v) is 12.3. The number of benzene rings is 1. The van der Waals surface area contributed by atoms with Crippen LogP contribution in [-0.4, -0.2) is 43.2 Å². The summed E-state index contributed by atoms with van der Waals surface area (Å²) in [6.45, 7) is 5.14. The summed E-state index contributed by atoms with van der Waals surface area (Å²) < 4.78 is 5.74. The molecule has 1 aliphatic rings. The fraction of sp³-hybridized carbons (Fsp3) is 0.438. The Bertz CT molecular complexity index is 590. The van der Waals surface area contributed by atoms with E-state index in [1.165, 1.54) is 0 Å². The zero-order chi connectivity index (χ0) is 14.7. The number of carbonyl (C=O) groups excluding carboxylic acids is 1. The Morgan fingerprint density at radius 3 is 3.14 bits per heavy atom. The number of nitrogens with one attached hydrogen (secondary N) is 2. The van der Waals surface area contributed by atoms with Gasteiger partial charge in [0.2, 0.25) is 0 Å². The lowest BCUT2D eigenvalue weighted by Gasteiger charge is -2.33. The van der Waals surface area contributed by atoms with Crippen LogP contribution >= 0.6 is 0 Å². The quantitative estimate of drug-likeness (QED) is 0.907. The van der Waals surface area contributed by atoms with E-state index in [4.69, 9.17) is 4.42 Å². The predicted molar refractivity (Wildman–Crippen MR) is 82.4 cm³/mol. The van der Waals surface area contributed by atoms with Crippen molar-refractivity contribution in [1.29, 1.82) is 0 Å². The lowest BCUT2D eigenvalue weighted by Crippen LogP contribution is -2.55. The van der Waals surface area contributed by atoms with Crippen molar-refractivity contribution in [2.75, 3.05) is 26.2 Å². The van der Waals surface area contributed by atoms with Gasteiger partial charge in [-0.15, -0.1) is 0 Å². The van der Waals surface area contributed by atoms with Gasteiger partial charge >= 0.3 is 6.03 Å². The fourth-order valence-electron chi connectivity index (χ4n) is 2.70. The van der Waals surface area contributed by atoms with Crippen LogP contribution in [0.25, 0.3) is 11.0 Å². The van der Waals surface area contributed by atoms with E-state index in [1.807, 2.05) is 35.2 Å². The standard InChI is InChI=1S/C16H21N3O2/c1-12-11-17-8-9-19(12)16(20)18-7-6-14-10-13-4-2-3-5-15(13)21-14/h2-5,10,12,17H,6-9,11H2,1H3,(H,18,20)/t12-/m0/s1. The first kappa shape index (κ1) is 13.9. The van der Waals surface area contributed by atoms with Gasteiger partial charge in [0.05, 0.1) is 0 Å². The van der Waals surface area contributed by atoms with Gasteiger partial charge < -0.3 is 20.0 Å². The highest BCUT2D eigenvalue weighted by Crippen LogP contribution is 2.18. The molecule has 0 bridgehead atoms. The monoisotopic (exact) mass is 287 g/mol. The SMILES string of the molecule is C[C@H]1CNCCN1C(=O)NCCc1cc2ccccc2o1. The normalized spacial score (nSPS) is 18.9. The van der Waals surface area contributed by atoms with Crippen LogP contribution in [0.15, 0.2) is 34.7 Å². The molecule has 1 aromatic heterocycles. The Morgan fingerprint density at radius 2 is 2.33 bits per heavy atom. The molecule has 5 nitrogen and oxygen atoms in total. The maximum Gasteiger partial charge on any atom is 0.317 e. The number of rotatable bonds is 3. The van der Waals surface area contributed by atoms with Crippen molar-refractivity contribution in [3.8, 4) is 0 Å². The van der Waals surface area contributed by atoms with E-state index in [1.54, 1.807) is 0 Å². The van der Waals surface area contributed by atoms with Crippen LogP contribution in [-0.2, 0) is 6.42 Å². The molecule has 2 heterocycles. The van der Waals surface area contributed by atoms with Crippen LogP contribution < -0.4 is 10.6 Å². The second-order valence-electron chi connectivity index (χ2n) is 5.48. The van der Waals surface area contributed by atoms with Crippen LogP contribution in [0.3, 0.4) is 0 Å². The van der Waals surface area contributed by atoms with Crippen LogP contribution in [0, 0.1) is 0 Å². The Kier molecular flexibility index (Phi) is 4.10. The predicted octanol–water partition coefficient (Wildman–Crippen LogP) is 1.98. The van der Waals surface area contributed by atoms with Gasteiger partial charge in [-0.05, 0) is 19.1 Å². The average Bonchev–Trinajstić information content (AvgIpc) is 2.90. The van der Waals surface area contributed by atoms with Gasteiger partial charge in [-0.3, -0.25) is 0 Å². The van der Waals surface area contributed by atoms with E-state index in [9.17, 15) is 4.79 Å². The summed E-state index contributed by atoms with van der Waals surface area (Å²) in [4.78, 5) is 14.0. The second-order valence-corrected chi connectivity index (χ2v) is 5.48. The Morgan fingerprint density at radius 1 is 1.48 bits per heavy atom. The number of carbonyl (C=O) groups is 1. The molecule has 21 heavy (non-hydrogen) atoms. The first-order valence-electron chi connectivity index (χ1n) is 7.46. The molecule has 0 saturated carbocycles. The van der Waals surface area contributed by atoms with Crippen molar-refractivity contribution in [2.24, 2.45) is 0 Å². The summed E-state index contributed by atoms with van der Waals surface area (Å²) >= 11 is 0. The highest BCUT2D eigenvalue weighted by Gasteiger charge is 2.22. The van der Waals surface area contributed by atoms with Crippen molar-refractivity contribution in [1.82, 2.24) is 15.5 Å². The maximum atomic E-state index is 12.1. The molecule has 112 valence electrons. The first-order valence-corrected chi connectivity index (χ1v) is 7.46. The van der Waals surface area contributed by atoms with Crippen LogP contribution in [0.1, 0.15) is 12.7 Å². The van der Waals surface area contributed by atoms with Crippen LogP contribution in [0.4, 0.5) is 4.79 Å². The summed E-state index contributed by atoms with van der Waals surface area (Å²) in [5.41, 5.74) is 0.898. The topological polar surface area (TPSA) is 57.5 Å². The van der Waals surface area contributed by atoms with Crippen molar-refractivity contribution in [2.45, 2.75) is 19.4 Å². The molecule has 0 aliphatic carbocycles. The van der Waals surface area contributed by atoms with E-state index in [2.05, 4.69) is 17.6 Å². The molecular weight excluding hydrogens is 266 g/mol. The zero-order valence-electron chi connectivity index (χ0n) is 12.3. The van der Waals surface area contributed by atoms with Crippen molar-refractivity contribution < 1.29 is 9.21 Å². The van der Waals surface area contributed by atoms with E-state index < -0.39 is 0 Å². The van der Waals surface area contributed by atoms with Gasteiger partial charge in [0, 0.05) is 44.0 Å². The number of furan rings is 1. The first-order chi connectivity index (χ1) is 10.2. The summed E-state index contributed by atoms with van der Waals surface area (Å²) in [6.07, 6.45) is 0.709. The summed E-state index contributed by atoms with van der Waals surface area (Å²) in [5, 5.41) is 7.36. The third-order valence-corrected chi connectivity index (χ3v) is 3.89. The molecular formula is C16H21N3O2. The molecule has 1 aromatic carbocycles. The van der Waals surface area contributed by atoms with Gasteiger partial charge in [0.25, 0.3) is 0 Å². The van der Waals surface area contributed by atoms with Crippen LogP contribution in [0.2, 0.25) is 0 Å². The molecule has 1 fully saturated rings. The minimum Gasteiger partial charge on any atom is -0.461 e. The third-order valence-electron chi connectivity index (χ3n) is 3.89. The van der Waals surface area contributed by atoms with Crippen LogP contribution in [0.5, 0.6) is 0 Å². The summed E-state index contributed by atoms with van der Waals surface area (Å²) in [6, 6.07) is 10.2. The van der Waals surface area contributed by atoms with E-state index in [-0.39, 0.29) is 12.1 Å². The minimum absolute atomic E-state index is 0.0140. The number of hydrogen-bond acceptors (Lipinski definition) is 3. The molecule has 2 N–H and O–H groups in total. The van der Waals surface area contributed by atoms with Crippen molar-refractivity contribution in [3.63, 3.8) is 0 Å². The lowest BCUT2D eigenvalue weighted by atomic mass is 10.2. The highest BCUT2D eigenvalue weighted by atomic mass is 16.3. The average molecular weight is 287 g/mol. The number of fused-ring (bicyclic) bond motifs is 1.